The van der Waals surface area contributed by atoms with Crippen LogP contribution in [0.2, 0.25) is 0 Å². The fourth-order valence-corrected chi connectivity index (χ4v) is 3.85. The highest BCUT2D eigenvalue weighted by molar-refractivity contribution is 7.99. The first-order valence-electron chi connectivity index (χ1n) is 9.92. The second kappa shape index (κ2) is 10.4. The molecule has 0 saturated carbocycles. The average molecular weight is 425 g/mol. The molecule has 2 aromatic carbocycles. The standard InChI is InChI=1S/C22H24N4O3S/c27-20(16-30-22-25-24-21(29-22)18-9-5-2-6-10-18)23-13-19-15-26(11-12-28-19)14-17-7-3-1-4-8-17/h1-10,19H,11-16H2,(H,23,27)/t19-/m1/s1. The molecule has 4 rings (SSSR count). The van der Waals surface area contributed by atoms with Crippen LogP contribution in [-0.2, 0) is 16.1 Å². The summed E-state index contributed by atoms with van der Waals surface area (Å²) in [5, 5.41) is 11.4. The molecule has 3 aromatic rings. The van der Waals surface area contributed by atoms with Crippen molar-refractivity contribution in [1.29, 1.82) is 0 Å². The van der Waals surface area contributed by atoms with Crippen LogP contribution in [0.25, 0.3) is 11.5 Å². The van der Waals surface area contributed by atoms with Crippen LogP contribution in [0.15, 0.2) is 70.3 Å². The van der Waals surface area contributed by atoms with Crippen molar-refractivity contribution in [1.82, 2.24) is 20.4 Å². The van der Waals surface area contributed by atoms with Gasteiger partial charge in [0, 0.05) is 31.7 Å². The predicted molar refractivity (Wildman–Crippen MR) is 115 cm³/mol. The number of hydrogen-bond acceptors (Lipinski definition) is 7. The van der Waals surface area contributed by atoms with Crippen molar-refractivity contribution < 1.29 is 13.9 Å². The zero-order valence-electron chi connectivity index (χ0n) is 16.6. The Morgan fingerprint density at radius 3 is 2.67 bits per heavy atom. The minimum absolute atomic E-state index is 0.00972. The van der Waals surface area contributed by atoms with Crippen molar-refractivity contribution in [3.05, 3.63) is 66.2 Å². The van der Waals surface area contributed by atoms with E-state index in [0.717, 1.165) is 25.2 Å². The van der Waals surface area contributed by atoms with Gasteiger partial charge in [0.1, 0.15) is 0 Å². The number of amides is 1. The van der Waals surface area contributed by atoms with Gasteiger partial charge in [-0.25, -0.2) is 0 Å². The normalized spacial score (nSPS) is 17.0. The van der Waals surface area contributed by atoms with Crippen molar-refractivity contribution in [2.45, 2.75) is 17.9 Å². The molecule has 1 N–H and O–H groups in total. The molecule has 0 aliphatic carbocycles. The molecule has 0 bridgehead atoms. The Morgan fingerprint density at radius 2 is 1.87 bits per heavy atom. The van der Waals surface area contributed by atoms with Gasteiger partial charge in [-0.1, -0.05) is 60.3 Å². The lowest BCUT2D eigenvalue weighted by Crippen LogP contribution is -2.47. The van der Waals surface area contributed by atoms with Crippen molar-refractivity contribution in [3.63, 3.8) is 0 Å². The molecule has 1 aromatic heterocycles. The van der Waals surface area contributed by atoms with Crippen LogP contribution >= 0.6 is 11.8 Å². The number of morpholine rings is 1. The van der Waals surface area contributed by atoms with Crippen LogP contribution in [0, 0.1) is 0 Å². The molecule has 1 fully saturated rings. The quantitative estimate of drug-likeness (QED) is 0.557. The third-order valence-corrected chi connectivity index (χ3v) is 5.57. The molecule has 1 atom stereocenters. The number of nitrogens with one attached hydrogen (secondary N) is 1. The first-order chi connectivity index (χ1) is 14.8. The van der Waals surface area contributed by atoms with E-state index >= 15 is 0 Å². The van der Waals surface area contributed by atoms with Gasteiger partial charge in [0.05, 0.1) is 18.5 Å². The van der Waals surface area contributed by atoms with E-state index in [1.165, 1.54) is 17.3 Å². The summed E-state index contributed by atoms with van der Waals surface area (Å²) in [7, 11) is 0. The van der Waals surface area contributed by atoms with E-state index in [1.807, 2.05) is 36.4 Å². The van der Waals surface area contributed by atoms with Crippen molar-refractivity contribution in [2.24, 2.45) is 0 Å². The predicted octanol–water partition coefficient (Wildman–Crippen LogP) is 2.85. The maximum absolute atomic E-state index is 12.2. The number of thioether (sulfide) groups is 1. The molecule has 0 radical (unpaired) electrons. The zero-order chi connectivity index (χ0) is 20.6. The van der Waals surface area contributed by atoms with Gasteiger partial charge >= 0.3 is 0 Å². The molecule has 156 valence electrons. The molecule has 30 heavy (non-hydrogen) atoms. The van der Waals surface area contributed by atoms with E-state index in [4.69, 9.17) is 9.15 Å². The Labute approximate surface area is 179 Å². The number of carbonyl (C=O) groups is 1. The van der Waals surface area contributed by atoms with Crippen LogP contribution in [-0.4, -0.2) is 59.1 Å². The average Bonchev–Trinajstić information content (AvgIpc) is 3.27. The molecule has 1 amide bonds. The number of rotatable bonds is 8. The lowest BCUT2D eigenvalue weighted by molar-refractivity contribution is -0.119. The summed E-state index contributed by atoms with van der Waals surface area (Å²) in [5.41, 5.74) is 2.14. The molecule has 1 aliphatic rings. The molecular formula is C22H24N4O3S. The summed E-state index contributed by atoms with van der Waals surface area (Å²) in [5.74, 6) is 0.590. The minimum atomic E-state index is -0.0803. The lowest BCUT2D eigenvalue weighted by Gasteiger charge is -2.33. The third-order valence-electron chi connectivity index (χ3n) is 4.75. The Balaban J connectivity index is 1.19. The van der Waals surface area contributed by atoms with Gasteiger partial charge in [-0.05, 0) is 17.7 Å². The Kier molecular flexibility index (Phi) is 7.12. The van der Waals surface area contributed by atoms with E-state index in [2.05, 4.69) is 44.7 Å². The second-order valence-corrected chi connectivity index (χ2v) is 7.97. The highest BCUT2D eigenvalue weighted by Crippen LogP contribution is 2.22. The maximum Gasteiger partial charge on any atom is 0.277 e. The molecule has 7 nitrogen and oxygen atoms in total. The number of benzene rings is 2. The summed E-state index contributed by atoms with van der Waals surface area (Å²) < 4.78 is 11.4. The number of carbonyl (C=O) groups excluding carboxylic acids is 1. The van der Waals surface area contributed by atoms with E-state index < -0.39 is 0 Å². The summed E-state index contributed by atoms with van der Waals surface area (Å²) in [6.45, 7) is 3.75. The third kappa shape index (κ3) is 5.91. The molecule has 0 spiro atoms. The first kappa shape index (κ1) is 20.6. The van der Waals surface area contributed by atoms with Crippen LogP contribution in [0.1, 0.15) is 5.56 Å². The van der Waals surface area contributed by atoms with Crippen molar-refractivity contribution >= 4 is 17.7 Å². The van der Waals surface area contributed by atoms with Gasteiger partial charge in [0.25, 0.3) is 5.22 Å². The second-order valence-electron chi connectivity index (χ2n) is 7.05. The molecule has 2 heterocycles. The summed E-state index contributed by atoms with van der Waals surface area (Å²) in [6, 6.07) is 19.9. The molecular weight excluding hydrogens is 400 g/mol. The Bertz CT molecular complexity index is 936. The lowest BCUT2D eigenvalue weighted by atomic mass is 10.2. The van der Waals surface area contributed by atoms with Crippen LogP contribution in [0.5, 0.6) is 0 Å². The minimum Gasteiger partial charge on any atom is -0.411 e. The van der Waals surface area contributed by atoms with Crippen molar-refractivity contribution in [3.8, 4) is 11.5 Å². The first-order valence-corrected chi connectivity index (χ1v) is 10.9. The van der Waals surface area contributed by atoms with Gasteiger partial charge in [-0.3, -0.25) is 9.69 Å². The topological polar surface area (TPSA) is 80.5 Å². The SMILES string of the molecule is O=C(CSc1nnc(-c2ccccc2)o1)NC[C@@H]1CN(Cc2ccccc2)CCO1. The molecule has 1 aliphatic heterocycles. The van der Waals surface area contributed by atoms with Crippen LogP contribution in [0.3, 0.4) is 0 Å². The summed E-state index contributed by atoms with van der Waals surface area (Å²) in [4.78, 5) is 14.6. The van der Waals surface area contributed by atoms with Gasteiger partial charge in [-0.2, -0.15) is 0 Å². The van der Waals surface area contributed by atoms with E-state index in [-0.39, 0.29) is 17.8 Å². The summed E-state index contributed by atoms with van der Waals surface area (Å²) in [6.07, 6.45) is -0.00972. The van der Waals surface area contributed by atoms with Crippen LogP contribution in [0.4, 0.5) is 0 Å². The monoisotopic (exact) mass is 424 g/mol. The van der Waals surface area contributed by atoms with E-state index in [9.17, 15) is 4.79 Å². The van der Waals surface area contributed by atoms with E-state index in [1.54, 1.807) is 0 Å². The molecule has 1 saturated heterocycles. The van der Waals surface area contributed by atoms with Crippen LogP contribution < -0.4 is 5.32 Å². The molecule has 8 heteroatoms. The van der Waals surface area contributed by atoms with E-state index in [0.29, 0.717) is 24.3 Å². The van der Waals surface area contributed by atoms with Gasteiger partial charge in [0.2, 0.25) is 11.8 Å². The fraction of sp³-hybridized carbons (Fsp3) is 0.318. The number of ether oxygens (including phenoxy) is 1. The summed E-state index contributed by atoms with van der Waals surface area (Å²) >= 11 is 1.23. The van der Waals surface area contributed by atoms with Gasteiger partial charge < -0.3 is 14.5 Å². The zero-order valence-corrected chi connectivity index (χ0v) is 17.4. The maximum atomic E-state index is 12.2. The smallest absolute Gasteiger partial charge is 0.277 e. The fourth-order valence-electron chi connectivity index (χ4n) is 3.26. The van der Waals surface area contributed by atoms with Gasteiger partial charge in [-0.15, -0.1) is 10.2 Å². The Hall–Kier alpha value is -2.68. The molecule has 0 unspecified atom stereocenters. The van der Waals surface area contributed by atoms with Gasteiger partial charge in [0.15, 0.2) is 0 Å². The highest BCUT2D eigenvalue weighted by Gasteiger charge is 2.21. The largest absolute Gasteiger partial charge is 0.411 e. The number of nitrogens with zero attached hydrogens (tertiary/aromatic N) is 3. The number of hydrogen-bond donors (Lipinski definition) is 1. The number of aromatic nitrogens is 2. The highest BCUT2D eigenvalue weighted by atomic mass is 32.2. The Morgan fingerprint density at radius 1 is 1.10 bits per heavy atom. The van der Waals surface area contributed by atoms with Crippen molar-refractivity contribution in [2.75, 3.05) is 32.0 Å².